The van der Waals surface area contributed by atoms with Crippen molar-refractivity contribution >= 4 is 16.1 Å². The molecule has 0 saturated carbocycles. The van der Waals surface area contributed by atoms with Crippen molar-refractivity contribution in [1.29, 1.82) is 0 Å². The Hall–Kier alpha value is -2.94. The van der Waals surface area contributed by atoms with Crippen LogP contribution in [0, 0.1) is 11.3 Å². The second kappa shape index (κ2) is 14.2. The van der Waals surface area contributed by atoms with E-state index in [0.717, 1.165) is 10.5 Å². The highest BCUT2D eigenvalue weighted by Gasteiger charge is 2.48. The molecule has 45 heavy (non-hydrogen) atoms. The molecule has 0 aliphatic carbocycles. The summed E-state index contributed by atoms with van der Waals surface area (Å²) < 4.78 is 53.0. The Morgan fingerprint density at radius 2 is 1.84 bits per heavy atom. The molecule has 0 bridgehead atoms. The number of carbonyl (C=O) groups excluding carboxylic acids is 1. The van der Waals surface area contributed by atoms with Crippen molar-refractivity contribution in [3.63, 3.8) is 0 Å². The lowest BCUT2D eigenvalue weighted by molar-refractivity contribution is -0.273. The van der Waals surface area contributed by atoms with E-state index >= 15 is 0 Å². The summed E-state index contributed by atoms with van der Waals surface area (Å²) >= 11 is 0. The van der Waals surface area contributed by atoms with E-state index in [1.807, 2.05) is 44.2 Å². The van der Waals surface area contributed by atoms with Crippen LogP contribution in [0.15, 0.2) is 53.4 Å². The lowest BCUT2D eigenvalue weighted by Crippen LogP contribution is -2.61. The van der Waals surface area contributed by atoms with Crippen molar-refractivity contribution in [2.24, 2.45) is 17.1 Å². The Bertz CT molecular complexity index is 1410. The van der Waals surface area contributed by atoms with Crippen LogP contribution in [0.4, 0.5) is 4.79 Å². The van der Waals surface area contributed by atoms with Gasteiger partial charge in [0, 0.05) is 19.0 Å². The molecule has 0 spiro atoms. The fourth-order valence-electron chi connectivity index (χ4n) is 6.63. The first-order valence-corrected chi connectivity index (χ1v) is 17.0. The Balaban J connectivity index is 1.52. The smallest absolute Gasteiger partial charge is 0.247 e. The number of para-hydroxylation sites is 1. The molecule has 2 saturated heterocycles. The van der Waals surface area contributed by atoms with E-state index in [4.69, 9.17) is 24.7 Å². The molecule has 3 aliphatic heterocycles. The number of rotatable bonds is 14. The molecule has 2 aromatic carbocycles. The number of carbonyl (C=O) groups is 1. The van der Waals surface area contributed by atoms with Gasteiger partial charge in [-0.15, -0.1) is 0 Å². The monoisotopic (exact) mass is 646 g/mol. The Kier molecular flexibility index (Phi) is 10.6. The van der Waals surface area contributed by atoms with Crippen LogP contribution in [0.2, 0.25) is 0 Å². The zero-order valence-electron chi connectivity index (χ0n) is 25.9. The number of hydrogen-bond acceptors (Lipinski definition) is 10. The Labute approximate surface area is 265 Å². The Morgan fingerprint density at radius 1 is 1.09 bits per heavy atom. The molecule has 2 fully saturated rings. The third kappa shape index (κ3) is 7.55. The van der Waals surface area contributed by atoms with Crippen LogP contribution in [-0.4, -0.2) is 99.4 Å². The predicted octanol–water partition coefficient (Wildman–Crippen LogP) is 1.59. The highest BCUT2D eigenvalue weighted by atomic mass is 32.2. The fraction of sp³-hybridized carbons (Fsp3) is 0.594. The van der Waals surface area contributed by atoms with Crippen LogP contribution < -0.4 is 20.3 Å². The molecular weight excluding hydrogens is 602 g/mol. The zero-order chi connectivity index (χ0) is 32.2. The van der Waals surface area contributed by atoms with E-state index in [2.05, 4.69) is 0 Å². The van der Waals surface area contributed by atoms with Gasteiger partial charge < -0.3 is 44.6 Å². The minimum atomic E-state index is -4.27. The second-order valence-corrected chi connectivity index (χ2v) is 14.6. The van der Waals surface area contributed by atoms with Gasteiger partial charge in [-0.1, -0.05) is 50.2 Å². The molecule has 1 amide bonds. The number of hydrogen-bond donors (Lipinski definition) is 2. The molecule has 3 N–H and O–H groups in total. The first kappa shape index (κ1) is 33.4. The van der Waals surface area contributed by atoms with E-state index in [0.29, 0.717) is 44.8 Å². The minimum absolute atomic E-state index is 0.0470. The summed E-state index contributed by atoms with van der Waals surface area (Å²) in [5.74, 6) is 0.219. The number of fused-ring (bicyclic) bond motifs is 2. The molecule has 248 valence electrons. The summed E-state index contributed by atoms with van der Waals surface area (Å²) in [6.45, 7) is 5.03. The summed E-state index contributed by atoms with van der Waals surface area (Å²) in [5.41, 5.74) is 6.05. The van der Waals surface area contributed by atoms with Gasteiger partial charge in [0.25, 0.3) is 0 Å². The zero-order valence-corrected chi connectivity index (χ0v) is 26.7. The van der Waals surface area contributed by atoms with Gasteiger partial charge in [0.05, 0.1) is 31.4 Å². The summed E-state index contributed by atoms with van der Waals surface area (Å²) in [5, 5.41) is 24.9. The van der Waals surface area contributed by atoms with Gasteiger partial charge in [-0.2, -0.15) is 4.31 Å². The maximum Gasteiger partial charge on any atom is 0.247 e. The van der Waals surface area contributed by atoms with E-state index in [-0.39, 0.29) is 49.3 Å². The number of benzene rings is 2. The number of nitrogens with zero attached hydrogens (tertiary/aromatic N) is 2. The van der Waals surface area contributed by atoms with Crippen molar-refractivity contribution in [3.8, 4) is 11.5 Å². The molecule has 0 unspecified atom stereocenters. The fourth-order valence-corrected chi connectivity index (χ4v) is 8.42. The molecule has 5 rings (SSSR count). The van der Waals surface area contributed by atoms with Crippen molar-refractivity contribution in [2.75, 3.05) is 46.1 Å². The highest BCUT2D eigenvalue weighted by Crippen LogP contribution is 2.40. The maximum atomic E-state index is 14.5. The number of aliphatic hydroxyl groups excluding tert-OH is 1. The summed E-state index contributed by atoms with van der Waals surface area (Å²) in [6.07, 6.45) is -1.37. The molecule has 13 heteroatoms. The summed E-state index contributed by atoms with van der Waals surface area (Å²) in [4.78, 5) is 13.9. The van der Waals surface area contributed by atoms with Gasteiger partial charge in [0.2, 0.25) is 10.0 Å². The van der Waals surface area contributed by atoms with Gasteiger partial charge >= 0.3 is 0 Å². The van der Waals surface area contributed by atoms with Crippen LogP contribution in [-0.2, 0) is 25.9 Å². The van der Waals surface area contributed by atoms with Crippen LogP contribution in [0.25, 0.3) is 0 Å². The van der Waals surface area contributed by atoms with E-state index in [1.54, 1.807) is 12.1 Å². The number of amides is 1. The minimum Gasteiger partial charge on any atom is -0.530 e. The van der Waals surface area contributed by atoms with Gasteiger partial charge in [-0.25, -0.2) is 8.42 Å². The van der Waals surface area contributed by atoms with Crippen molar-refractivity contribution in [2.45, 2.75) is 68.9 Å². The number of ether oxygens (including phenoxy) is 4. The van der Waals surface area contributed by atoms with Crippen molar-refractivity contribution in [3.05, 3.63) is 54.1 Å². The predicted molar refractivity (Wildman–Crippen MR) is 163 cm³/mol. The topological polar surface area (TPSA) is 164 Å². The number of aliphatic hydroxyl groups is 1. The van der Waals surface area contributed by atoms with E-state index in [9.17, 15) is 23.4 Å². The molecule has 5 atom stereocenters. The molecular formula is C32H44N3O9S-. The molecule has 0 aromatic heterocycles. The average Bonchev–Trinajstić information content (AvgIpc) is 3.64. The molecule has 3 heterocycles. The van der Waals surface area contributed by atoms with Crippen LogP contribution in [0.1, 0.15) is 38.7 Å². The molecule has 12 nitrogen and oxygen atoms in total. The van der Waals surface area contributed by atoms with Crippen LogP contribution >= 0.6 is 0 Å². The molecule has 2 aromatic rings. The third-order valence-corrected chi connectivity index (χ3v) is 10.7. The lowest BCUT2D eigenvalue weighted by atomic mass is 9.87. The summed E-state index contributed by atoms with van der Waals surface area (Å²) in [6, 6.07) is 12.2. The standard InChI is InChI=1S/C32H45N3O9S/c1-32(2,13-7-14-33)21-34(45(39,40)28-11-6-10-27-29(28)42-17-16-41-27)19-26(36)24(18-22-8-4-3-5-9-22)35(31(37)38)25-20-44-30-23(25)12-15-43-30/h3-6,8-11,23-26,30,36H,7,12-21,33H2,1-2H3,(H,37,38)/p-1/t23-,24-,25-,26+,30+/m0/s1. The average molecular weight is 647 g/mol. The van der Waals surface area contributed by atoms with E-state index < -0.39 is 46.0 Å². The SMILES string of the molecule is CC(C)(CCCN)CN(C[C@@H](O)[C@H](Cc1ccccc1)N(C(=O)[O-])[C@H]1CO[C@H]2OCC[C@H]21)S(=O)(=O)c1cccc2c1OCCO2. The van der Waals surface area contributed by atoms with Gasteiger partial charge in [0.1, 0.15) is 24.2 Å². The number of nitrogens with two attached hydrogens (primary N) is 1. The molecule has 3 aliphatic rings. The third-order valence-electron chi connectivity index (χ3n) is 8.87. The first-order valence-electron chi connectivity index (χ1n) is 15.5. The second-order valence-electron chi connectivity index (χ2n) is 12.7. The van der Waals surface area contributed by atoms with Gasteiger partial charge in [0.15, 0.2) is 17.8 Å². The molecule has 0 radical (unpaired) electrons. The van der Waals surface area contributed by atoms with E-state index in [1.165, 1.54) is 10.4 Å². The number of carboxylic acid groups (broad SMARTS) is 1. The number of sulfonamides is 1. The maximum absolute atomic E-state index is 14.5. The quantitative estimate of drug-likeness (QED) is 0.308. The van der Waals surface area contributed by atoms with Crippen LogP contribution in [0.5, 0.6) is 11.5 Å². The summed E-state index contributed by atoms with van der Waals surface area (Å²) in [7, 11) is -4.27. The van der Waals surface area contributed by atoms with Crippen molar-refractivity contribution < 1.29 is 42.4 Å². The van der Waals surface area contributed by atoms with Crippen LogP contribution in [0.3, 0.4) is 0 Å². The highest BCUT2D eigenvalue weighted by molar-refractivity contribution is 7.89. The normalized spacial score (nSPS) is 22.6. The first-order chi connectivity index (χ1) is 21.5. The Morgan fingerprint density at radius 3 is 2.58 bits per heavy atom. The van der Waals surface area contributed by atoms with Gasteiger partial charge in [-0.3, -0.25) is 0 Å². The largest absolute Gasteiger partial charge is 0.530 e. The lowest BCUT2D eigenvalue weighted by Gasteiger charge is -2.43. The van der Waals surface area contributed by atoms with Gasteiger partial charge in [-0.05, 0) is 55.3 Å². The van der Waals surface area contributed by atoms with Crippen molar-refractivity contribution in [1.82, 2.24) is 9.21 Å².